The number of carbonyl (C=O) groups excluding carboxylic acids is 1. The van der Waals surface area contributed by atoms with Gasteiger partial charge in [0.15, 0.2) is 0 Å². The van der Waals surface area contributed by atoms with Crippen molar-refractivity contribution in [2.24, 2.45) is 5.73 Å². The number of nitrogens with zero attached hydrogens (tertiary/aromatic N) is 1. The highest BCUT2D eigenvalue weighted by atomic mass is 35.5. The molecule has 1 fully saturated rings. The van der Waals surface area contributed by atoms with E-state index in [1.165, 1.54) is 0 Å². The van der Waals surface area contributed by atoms with Crippen LogP contribution in [0.2, 0.25) is 5.02 Å². The first-order valence-corrected chi connectivity index (χ1v) is 5.97. The molecule has 1 aliphatic rings. The fourth-order valence-electron chi connectivity index (χ4n) is 1.90. The largest absolute Gasteiger partial charge is 0.444 e. The second-order valence-electron chi connectivity index (χ2n) is 4.09. The lowest BCUT2D eigenvalue weighted by molar-refractivity contribution is 0.129. The Balaban J connectivity index is 1.98. The van der Waals surface area contributed by atoms with E-state index in [-0.39, 0.29) is 12.2 Å². The summed E-state index contributed by atoms with van der Waals surface area (Å²) in [4.78, 5) is 13.3. The fraction of sp³-hybridized carbons (Fsp3) is 0.417. The van der Waals surface area contributed by atoms with E-state index in [1.54, 1.807) is 4.90 Å². The molecule has 1 atom stereocenters. The highest BCUT2D eigenvalue weighted by Gasteiger charge is 2.30. The van der Waals surface area contributed by atoms with E-state index in [1.807, 2.05) is 24.3 Å². The van der Waals surface area contributed by atoms with Crippen molar-refractivity contribution >= 4 is 17.7 Å². The van der Waals surface area contributed by atoms with E-state index in [0.717, 1.165) is 5.56 Å². The third kappa shape index (κ3) is 3.11. The van der Waals surface area contributed by atoms with Gasteiger partial charge in [-0.15, -0.1) is 0 Å². The lowest BCUT2D eigenvalue weighted by Crippen LogP contribution is -2.25. The van der Waals surface area contributed by atoms with E-state index in [0.29, 0.717) is 31.1 Å². The summed E-state index contributed by atoms with van der Waals surface area (Å²) in [6.07, 6.45) is 0.354. The van der Waals surface area contributed by atoms with Crippen molar-refractivity contribution in [2.75, 3.05) is 13.1 Å². The molecule has 17 heavy (non-hydrogen) atoms. The molecule has 1 unspecified atom stereocenters. The molecule has 0 aliphatic carbocycles. The highest BCUT2D eigenvalue weighted by molar-refractivity contribution is 6.30. The zero-order valence-electron chi connectivity index (χ0n) is 9.43. The van der Waals surface area contributed by atoms with Crippen molar-refractivity contribution in [1.82, 2.24) is 4.90 Å². The van der Waals surface area contributed by atoms with Crippen LogP contribution in [0.15, 0.2) is 24.3 Å². The number of carbonyl (C=O) groups is 1. The standard InChI is InChI=1S/C12H15ClN2O2/c13-10-3-1-2-9(6-10)7-15-8-11(4-5-14)17-12(15)16/h1-3,6,11H,4-5,7-8,14H2. The van der Waals surface area contributed by atoms with Gasteiger partial charge in [0.25, 0.3) is 0 Å². The zero-order chi connectivity index (χ0) is 12.3. The van der Waals surface area contributed by atoms with Crippen molar-refractivity contribution in [1.29, 1.82) is 0 Å². The summed E-state index contributed by atoms with van der Waals surface area (Å²) in [5, 5.41) is 0.675. The number of halogens is 1. The minimum atomic E-state index is -0.275. The second kappa shape index (κ2) is 5.38. The van der Waals surface area contributed by atoms with Crippen LogP contribution in [0.4, 0.5) is 4.79 Å². The smallest absolute Gasteiger partial charge is 0.410 e. The van der Waals surface area contributed by atoms with Crippen molar-refractivity contribution in [3.63, 3.8) is 0 Å². The molecule has 0 bridgehead atoms. The molecule has 0 saturated carbocycles. The second-order valence-corrected chi connectivity index (χ2v) is 4.53. The number of benzene rings is 1. The fourth-order valence-corrected chi connectivity index (χ4v) is 2.11. The predicted molar refractivity (Wildman–Crippen MR) is 65.8 cm³/mol. The molecule has 92 valence electrons. The molecule has 1 amide bonds. The summed E-state index contributed by atoms with van der Waals surface area (Å²) >= 11 is 5.89. The van der Waals surface area contributed by atoms with E-state index in [2.05, 4.69) is 0 Å². The van der Waals surface area contributed by atoms with Gasteiger partial charge in [-0.25, -0.2) is 4.79 Å². The van der Waals surface area contributed by atoms with Crippen LogP contribution in [0.1, 0.15) is 12.0 Å². The maximum Gasteiger partial charge on any atom is 0.410 e. The zero-order valence-corrected chi connectivity index (χ0v) is 10.2. The van der Waals surface area contributed by atoms with Gasteiger partial charge in [0.1, 0.15) is 6.10 Å². The van der Waals surface area contributed by atoms with E-state index in [9.17, 15) is 4.79 Å². The van der Waals surface area contributed by atoms with Gasteiger partial charge in [-0.2, -0.15) is 0 Å². The molecular formula is C12H15ClN2O2. The molecule has 1 aliphatic heterocycles. The molecule has 1 heterocycles. The third-order valence-corrected chi connectivity index (χ3v) is 2.94. The van der Waals surface area contributed by atoms with Gasteiger partial charge in [0, 0.05) is 11.6 Å². The van der Waals surface area contributed by atoms with Crippen LogP contribution in [0.5, 0.6) is 0 Å². The Morgan fingerprint density at radius 2 is 2.35 bits per heavy atom. The Labute approximate surface area is 105 Å². The molecule has 1 saturated heterocycles. The minimum absolute atomic E-state index is 0.0771. The minimum Gasteiger partial charge on any atom is -0.444 e. The SMILES string of the molecule is NCCC1CN(Cc2cccc(Cl)c2)C(=O)O1. The normalized spacial score (nSPS) is 19.5. The number of nitrogens with two attached hydrogens (primary N) is 1. The summed E-state index contributed by atoms with van der Waals surface area (Å²) in [5.41, 5.74) is 6.45. The van der Waals surface area contributed by atoms with Gasteiger partial charge in [0.05, 0.1) is 6.54 Å². The summed E-state index contributed by atoms with van der Waals surface area (Å²) in [5.74, 6) is 0. The van der Waals surface area contributed by atoms with Crippen LogP contribution in [-0.4, -0.2) is 30.2 Å². The van der Waals surface area contributed by atoms with Gasteiger partial charge in [-0.1, -0.05) is 23.7 Å². The van der Waals surface area contributed by atoms with Crippen LogP contribution < -0.4 is 5.73 Å². The van der Waals surface area contributed by atoms with Gasteiger partial charge < -0.3 is 15.4 Å². The molecule has 2 N–H and O–H groups in total. The molecule has 0 spiro atoms. The summed E-state index contributed by atoms with van der Waals surface area (Å²) < 4.78 is 5.19. The van der Waals surface area contributed by atoms with Crippen LogP contribution in [0, 0.1) is 0 Å². The van der Waals surface area contributed by atoms with E-state index < -0.39 is 0 Å². The first kappa shape index (κ1) is 12.2. The number of rotatable bonds is 4. The first-order chi connectivity index (χ1) is 8.19. The van der Waals surface area contributed by atoms with Crippen LogP contribution in [0.25, 0.3) is 0 Å². The predicted octanol–water partition coefficient (Wildman–Crippen LogP) is 2.01. The Bertz CT molecular complexity index is 411. The number of hydrogen-bond acceptors (Lipinski definition) is 3. The van der Waals surface area contributed by atoms with Crippen molar-refractivity contribution < 1.29 is 9.53 Å². The highest BCUT2D eigenvalue weighted by Crippen LogP contribution is 2.18. The van der Waals surface area contributed by atoms with Gasteiger partial charge in [0.2, 0.25) is 0 Å². The molecule has 2 rings (SSSR count). The Morgan fingerprint density at radius 3 is 3.06 bits per heavy atom. The van der Waals surface area contributed by atoms with Crippen LogP contribution >= 0.6 is 11.6 Å². The van der Waals surface area contributed by atoms with E-state index in [4.69, 9.17) is 22.1 Å². The Kier molecular flexibility index (Phi) is 3.86. The molecule has 5 heteroatoms. The third-order valence-electron chi connectivity index (χ3n) is 2.70. The van der Waals surface area contributed by atoms with Crippen molar-refractivity contribution in [3.8, 4) is 0 Å². The Morgan fingerprint density at radius 1 is 1.53 bits per heavy atom. The molecule has 1 aromatic carbocycles. The average Bonchev–Trinajstić information content (AvgIpc) is 2.60. The van der Waals surface area contributed by atoms with Crippen LogP contribution in [0.3, 0.4) is 0 Å². The molecular weight excluding hydrogens is 240 g/mol. The number of hydrogen-bond donors (Lipinski definition) is 1. The topological polar surface area (TPSA) is 55.6 Å². The lowest BCUT2D eigenvalue weighted by atomic mass is 10.2. The van der Waals surface area contributed by atoms with Crippen LogP contribution in [-0.2, 0) is 11.3 Å². The molecule has 0 aromatic heterocycles. The Hall–Kier alpha value is -1.26. The van der Waals surface area contributed by atoms with Gasteiger partial charge >= 0.3 is 6.09 Å². The molecule has 0 radical (unpaired) electrons. The number of ether oxygens (including phenoxy) is 1. The maximum absolute atomic E-state index is 11.6. The monoisotopic (exact) mass is 254 g/mol. The first-order valence-electron chi connectivity index (χ1n) is 5.59. The molecule has 1 aromatic rings. The lowest BCUT2D eigenvalue weighted by Gasteiger charge is -2.12. The van der Waals surface area contributed by atoms with Gasteiger partial charge in [-0.05, 0) is 30.7 Å². The maximum atomic E-state index is 11.6. The van der Waals surface area contributed by atoms with Gasteiger partial charge in [-0.3, -0.25) is 0 Å². The number of amides is 1. The van der Waals surface area contributed by atoms with Crippen molar-refractivity contribution in [3.05, 3.63) is 34.9 Å². The summed E-state index contributed by atoms with van der Waals surface area (Å²) in [7, 11) is 0. The van der Waals surface area contributed by atoms with E-state index >= 15 is 0 Å². The van der Waals surface area contributed by atoms with Crippen molar-refractivity contribution in [2.45, 2.75) is 19.1 Å². The number of cyclic esters (lactones) is 1. The summed E-state index contributed by atoms with van der Waals surface area (Å²) in [6, 6.07) is 7.47. The average molecular weight is 255 g/mol. The quantitative estimate of drug-likeness (QED) is 0.894. The summed E-state index contributed by atoms with van der Waals surface area (Å²) in [6.45, 7) is 1.66. The molecule has 4 nitrogen and oxygen atoms in total.